The molecule has 4 heteroatoms. The second-order valence-corrected chi connectivity index (χ2v) is 4.94. The van der Waals surface area contributed by atoms with Gasteiger partial charge >= 0.3 is 0 Å². The molecule has 3 rings (SSSR count). The first-order valence-corrected chi connectivity index (χ1v) is 6.53. The van der Waals surface area contributed by atoms with Gasteiger partial charge in [0.2, 0.25) is 0 Å². The van der Waals surface area contributed by atoms with Crippen LogP contribution in [-0.2, 0) is 13.1 Å². The highest BCUT2D eigenvalue weighted by molar-refractivity contribution is 5.60. The van der Waals surface area contributed by atoms with Gasteiger partial charge in [0.05, 0.1) is 0 Å². The Balaban J connectivity index is 1.99. The molecule has 1 aromatic heterocycles. The zero-order valence-corrected chi connectivity index (χ0v) is 11.6. The van der Waals surface area contributed by atoms with E-state index in [9.17, 15) is 0 Å². The number of fused-ring (bicyclic) bond motifs is 1. The van der Waals surface area contributed by atoms with Crippen molar-refractivity contribution in [1.82, 2.24) is 9.97 Å². The van der Waals surface area contributed by atoms with Crippen molar-refractivity contribution in [2.75, 3.05) is 17.3 Å². The van der Waals surface area contributed by atoms with E-state index in [0.29, 0.717) is 0 Å². The monoisotopic (exact) mass is 254 g/mol. The van der Waals surface area contributed by atoms with Crippen LogP contribution in [0.2, 0.25) is 0 Å². The zero-order valence-electron chi connectivity index (χ0n) is 11.6. The molecule has 0 radical (unpaired) electrons. The highest BCUT2D eigenvalue weighted by atomic mass is 15.2. The summed E-state index contributed by atoms with van der Waals surface area (Å²) in [4.78, 5) is 11.4. The fraction of sp³-hybridized carbons (Fsp3) is 0.333. The Morgan fingerprint density at radius 1 is 1.05 bits per heavy atom. The van der Waals surface area contributed by atoms with Crippen LogP contribution in [0, 0.1) is 13.8 Å². The van der Waals surface area contributed by atoms with Gasteiger partial charge in [0, 0.05) is 25.7 Å². The maximum atomic E-state index is 4.62. The van der Waals surface area contributed by atoms with Crippen molar-refractivity contribution < 1.29 is 0 Å². The Morgan fingerprint density at radius 3 is 2.26 bits per heavy atom. The second kappa shape index (κ2) is 4.53. The third-order valence-corrected chi connectivity index (χ3v) is 3.61. The highest BCUT2D eigenvalue weighted by Crippen LogP contribution is 2.31. The van der Waals surface area contributed by atoms with E-state index in [1.165, 1.54) is 11.1 Å². The minimum Gasteiger partial charge on any atom is -0.373 e. The Morgan fingerprint density at radius 2 is 1.68 bits per heavy atom. The molecule has 1 aliphatic rings. The van der Waals surface area contributed by atoms with Gasteiger partial charge in [-0.25, -0.2) is 9.97 Å². The maximum absolute atomic E-state index is 4.62. The van der Waals surface area contributed by atoms with Gasteiger partial charge in [0.25, 0.3) is 0 Å². The molecule has 4 nitrogen and oxygen atoms in total. The average Bonchev–Trinajstić information content (AvgIpc) is 2.84. The molecular formula is C15H18N4. The van der Waals surface area contributed by atoms with E-state index in [2.05, 4.69) is 51.4 Å². The third-order valence-electron chi connectivity index (χ3n) is 3.61. The summed E-state index contributed by atoms with van der Waals surface area (Å²) in [5.41, 5.74) is 3.90. The lowest BCUT2D eigenvalue weighted by atomic mass is 10.1. The van der Waals surface area contributed by atoms with Crippen molar-refractivity contribution in [3.63, 3.8) is 0 Å². The summed E-state index contributed by atoms with van der Waals surface area (Å²) in [6.45, 7) is 5.86. The SMILES string of the molecule is CNc1nc(C)nc(N2Cc3ccccc3C2)c1C. The first-order chi connectivity index (χ1) is 9.19. The first kappa shape index (κ1) is 12.0. The number of benzene rings is 1. The lowest BCUT2D eigenvalue weighted by Crippen LogP contribution is -2.19. The molecule has 0 saturated heterocycles. The quantitative estimate of drug-likeness (QED) is 0.894. The Labute approximate surface area is 113 Å². The molecule has 98 valence electrons. The summed E-state index contributed by atoms with van der Waals surface area (Å²) in [6, 6.07) is 8.58. The average molecular weight is 254 g/mol. The third kappa shape index (κ3) is 2.03. The molecule has 0 amide bonds. The Kier molecular flexibility index (Phi) is 2.85. The van der Waals surface area contributed by atoms with E-state index in [1.807, 2.05) is 14.0 Å². The fourth-order valence-electron chi connectivity index (χ4n) is 2.65. The number of aromatic nitrogens is 2. The van der Waals surface area contributed by atoms with Gasteiger partial charge in [-0.05, 0) is 25.0 Å². The lowest BCUT2D eigenvalue weighted by Gasteiger charge is -2.20. The standard InChI is InChI=1S/C15H18N4/c1-10-14(16-3)17-11(2)18-15(10)19-8-12-6-4-5-7-13(12)9-19/h4-7H,8-9H2,1-3H3,(H,16,17,18). The van der Waals surface area contributed by atoms with Crippen LogP contribution in [-0.4, -0.2) is 17.0 Å². The predicted octanol–water partition coefficient (Wildman–Crippen LogP) is 2.66. The van der Waals surface area contributed by atoms with E-state index >= 15 is 0 Å². The van der Waals surface area contributed by atoms with Crippen LogP contribution in [0.15, 0.2) is 24.3 Å². The van der Waals surface area contributed by atoms with Crippen molar-refractivity contribution in [2.45, 2.75) is 26.9 Å². The van der Waals surface area contributed by atoms with Crippen molar-refractivity contribution in [2.24, 2.45) is 0 Å². The first-order valence-electron chi connectivity index (χ1n) is 6.53. The number of rotatable bonds is 2. The number of nitrogens with zero attached hydrogens (tertiary/aromatic N) is 3. The van der Waals surface area contributed by atoms with Crippen LogP contribution in [0.5, 0.6) is 0 Å². The number of hydrogen-bond acceptors (Lipinski definition) is 4. The summed E-state index contributed by atoms with van der Waals surface area (Å²) >= 11 is 0. The van der Waals surface area contributed by atoms with Crippen molar-refractivity contribution in [1.29, 1.82) is 0 Å². The van der Waals surface area contributed by atoms with Crippen LogP contribution in [0.3, 0.4) is 0 Å². The van der Waals surface area contributed by atoms with E-state index in [0.717, 1.165) is 36.1 Å². The molecule has 19 heavy (non-hydrogen) atoms. The summed E-state index contributed by atoms with van der Waals surface area (Å²) in [6.07, 6.45) is 0. The molecule has 0 aliphatic carbocycles. The summed E-state index contributed by atoms with van der Waals surface area (Å²) in [7, 11) is 1.90. The molecule has 2 heterocycles. The van der Waals surface area contributed by atoms with Gasteiger partial charge in [0.1, 0.15) is 17.5 Å². The van der Waals surface area contributed by atoms with Crippen LogP contribution < -0.4 is 10.2 Å². The molecule has 0 saturated carbocycles. The van der Waals surface area contributed by atoms with Crippen LogP contribution in [0.4, 0.5) is 11.6 Å². The van der Waals surface area contributed by atoms with Crippen molar-refractivity contribution in [3.05, 3.63) is 46.8 Å². The second-order valence-electron chi connectivity index (χ2n) is 4.94. The molecule has 1 aliphatic heterocycles. The number of aryl methyl sites for hydroxylation is 1. The Hall–Kier alpha value is -2.10. The molecule has 0 bridgehead atoms. The molecule has 0 spiro atoms. The van der Waals surface area contributed by atoms with Crippen molar-refractivity contribution in [3.8, 4) is 0 Å². The smallest absolute Gasteiger partial charge is 0.137 e. The van der Waals surface area contributed by atoms with Crippen LogP contribution in [0.25, 0.3) is 0 Å². The van der Waals surface area contributed by atoms with Crippen molar-refractivity contribution >= 4 is 11.6 Å². The maximum Gasteiger partial charge on any atom is 0.137 e. The van der Waals surface area contributed by atoms with Gasteiger partial charge in [-0.1, -0.05) is 24.3 Å². The number of anilines is 2. The number of hydrogen-bond donors (Lipinski definition) is 1. The largest absolute Gasteiger partial charge is 0.373 e. The van der Waals surface area contributed by atoms with E-state index in [4.69, 9.17) is 0 Å². The minimum absolute atomic E-state index is 0.806. The predicted molar refractivity (Wildman–Crippen MR) is 77.4 cm³/mol. The summed E-state index contributed by atoms with van der Waals surface area (Å²) in [5, 5.41) is 3.14. The normalized spacial score (nSPS) is 13.5. The topological polar surface area (TPSA) is 41.1 Å². The highest BCUT2D eigenvalue weighted by Gasteiger charge is 2.22. The molecule has 1 N–H and O–H groups in total. The van der Waals surface area contributed by atoms with Crippen LogP contribution in [0.1, 0.15) is 22.5 Å². The van der Waals surface area contributed by atoms with Gasteiger partial charge in [-0.3, -0.25) is 0 Å². The molecule has 0 unspecified atom stereocenters. The van der Waals surface area contributed by atoms with E-state index in [1.54, 1.807) is 0 Å². The van der Waals surface area contributed by atoms with E-state index in [-0.39, 0.29) is 0 Å². The molecule has 1 aromatic carbocycles. The summed E-state index contributed by atoms with van der Waals surface area (Å²) < 4.78 is 0. The van der Waals surface area contributed by atoms with Gasteiger partial charge < -0.3 is 10.2 Å². The van der Waals surface area contributed by atoms with E-state index < -0.39 is 0 Å². The summed E-state index contributed by atoms with van der Waals surface area (Å²) in [5.74, 6) is 2.76. The minimum atomic E-state index is 0.806. The lowest BCUT2D eigenvalue weighted by molar-refractivity contribution is 0.835. The molecular weight excluding hydrogens is 236 g/mol. The van der Waals surface area contributed by atoms with Crippen LogP contribution >= 0.6 is 0 Å². The molecule has 2 aromatic rings. The molecule has 0 fully saturated rings. The number of nitrogens with one attached hydrogen (secondary N) is 1. The fourth-order valence-corrected chi connectivity index (χ4v) is 2.65. The van der Waals surface area contributed by atoms with Gasteiger partial charge in [0.15, 0.2) is 0 Å². The Bertz CT molecular complexity index is 597. The molecule has 0 atom stereocenters. The zero-order chi connectivity index (χ0) is 13.4. The van der Waals surface area contributed by atoms with Gasteiger partial charge in [-0.15, -0.1) is 0 Å². The van der Waals surface area contributed by atoms with Gasteiger partial charge in [-0.2, -0.15) is 0 Å².